The monoisotopic (exact) mass is 300 g/mol. The Kier molecular flexibility index (Phi) is 4.78. The summed E-state index contributed by atoms with van der Waals surface area (Å²) in [7, 11) is 0. The standard InChI is InChI=1S/C17H20N2OS/c20-16(17-18-9-13-21-17)15-7-11-19(12-8-15)10-6-14-4-2-1-3-5-14/h1-5,9,13,15H,6-8,10-12H2. The lowest BCUT2D eigenvalue weighted by Gasteiger charge is -2.30. The number of likely N-dealkylation sites (tertiary alicyclic amines) is 1. The van der Waals surface area contributed by atoms with Crippen molar-refractivity contribution in [2.75, 3.05) is 19.6 Å². The van der Waals surface area contributed by atoms with Gasteiger partial charge in [-0.25, -0.2) is 4.98 Å². The van der Waals surface area contributed by atoms with E-state index in [4.69, 9.17) is 0 Å². The highest BCUT2D eigenvalue weighted by atomic mass is 32.1. The molecule has 0 amide bonds. The molecule has 0 N–H and O–H groups in total. The Hall–Kier alpha value is -1.52. The number of Topliss-reactive ketones (excluding diaryl/α,β-unsaturated/α-hetero) is 1. The van der Waals surface area contributed by atoms with Crippen molar-refractivity contribution in [1.29, 1.82) is 0 Å². The van der Waals surface area contributed by atoms with Gasteiger partial charge < -0.3 is 4.90 Å². The molecule has 21 heavy (non-hydrogen) atoms. The van der Waals surface area contributed by atoms with Crippen LogP contribution in [0.2, 0.25) is 0 Å². The van der Waals surface area contributed by atoms with Crippen LogP contribution in [0, 0.1) is 5.92 Å². The Morgan fingerprint density at radius 2 is 2.00 bits per heavy atom. The number of ketones is 1. The molecule has 0 saturated carbocycles. The van der Waals surface area contributed by atoms with Gasteiger partial charge in [0.05, 0.1) is 0 Å². The normalized spacial score (nSPS) is 17.0. The summed E-state index contributed by atoms with van der Waals surface area (Å²) in [6.07, 6.45) is 4.74. The van der Waals surface area contributed by atoms with E-state index < -0.39 is 0 Å². The van der Waals surface area contributed by atoms with Crippen LogP contribution in [0.3, 0.4) is 0 Å². The first-order valence-corrected chi connectivity index (χ1v) is 8.41. The fourth-order valence-corrected chi connectivity index (χ4v) is 3.53. The average Bonchev–Trinajstić information content (AvgIpc) is 3.08. The third kappa shape index (κ3) is 3.77. The number of rotatable bonds is 5. The van der Waals surface area contributed by atoms with E-state index in [1.165, 1.54) is 16.9 Å². The summed E-state index contributed by atoms with van der Waals surface area (Å²) in [5, 5.41) is 2.56. The summed E-state index contributed by atoms with van der Waals surface area (Å²) in [6, 6.07) is 10.6. The van der Waals surface area contributed by atoms with Gasteiger partial charge in [-0.05, 0) is 37.9 Å². The summed E-state index contributed by atoms with van der Waals surface area (Å²) < 4.78 is 0. The number of carbonyl (C=O) groups excluding carboxylic acids is 1. The molecule has 1 aromatic heterocycles. The highest BCUT2D eigenvalue weighted by molar-refractivity contribution is 7.11. The van der Waals surface area contributed by atoms with Crippen molar-refractivity contribution < 1.29 is 4.79 Å². The lowest BCUT2D eigenvalue weighted by molar-refractivity contribution is 0.0840. The quantitative estimate of drug-likeness (QED) is 0.795. The van der Waals surface area contributed by atoms with Gasteiger partial charge in [0.1, 0.15) is 0 Å². The molecule has 0 spiro atoms. The largest absolute Gasteiger partial charge is 0.303 e. The van der Waals surface area contributed by atoms with Crippen LogP contribution in [-0.2, 0) is 6.42 Å². The maximum atomic E-state index is 12.3. The van der Waals surface area contributed by atoms with Crippen LogP contribution >= 0.6 is 11.3 Å². The topological polar surface area (TPSA) is 33.2 Å². The molecule has 3 rings (SSSR count). The molecule has 0 radical (unpaired) electrons. The summed E-state index contributed by atoms with van der Waals surface area (Å²) in [5.41, 5.74) is 1.39. The van der Waals surface area contributed by atoms with E-state index in [0.29, 0.717) is 5.01 Å². The molecule has 2 heterocycles. The van der Waals surface area contributed by atoms with Gasteiger partial charge in [-0.15, -0.1) is 11.3 Å². The first kappa shape index (κ1) is 14.4. The number of piperidine rings is 1. The molecular weight excluding hydrogens is 280 g/mol. The zero-order chi connectivity index (χ0) is 14.5. The van der Waals surface area contributed by atoms with Crippen molar-refractivity contribution in [3.05, 3.63) is 52.5 Å². The molecular formula is C17H20N2OS. The Morgan fingerprint density at radius 3 is 2.67 bits per heavy atom. The summed E-state index contributed by atoms with van der Waals surface area (Å²) in [5.74, 6) is 0.414. The van der Waals surface area contributed by atoms with Crippen molar-refractivity contribution in [3.63, 3.8) is 0 Å². The van der Waals surface area contributed by atoms with Gasteiger partial charge in [-0.3, -0.25) is 4.79 Å². The Bertz CT molecular complexity index is 560. The van der Waals surface area contributed by atoms with Crippen molar-refractivity contribution in [2.45, 2.75) is 19.3 Å². The fraction of sp³-hybridized carbons (Fsp3) is 0.412. The second-order valence-corrected chi connectivity index (χ2v) is 6.45. The van der Waals surface area contributed by atoms with E-state index in [9.17, 15) is 4.79 Å². The van der Waals surface area contributed by atoms with Crippen LogP contribution < -0.4 is 0 Å². The van der Waals surface area contributed by atoms with Crippen LogP contribution in [0.25, 0.3) is 0 Å². The molecule has 1 aromatic carbocycles. The van der Waals surface area contributed by atoms with E-state index >= 15 is 0 Å². The van der Waals surface area contributed by atoms with E-state index in [1.807, 2.05) is 5.38 Å². The molecule has 0 bridgehead atoms. The average molecular weight is 300 g/mol. The summed E-state index contributed by atoms with van der Waals surface area (Å²) in [6.45, 7) is 3.13. The molecule has 0 atom stereocenters. The SMILES string of the molecule is O=C(c1nccs1)C1CCN(CCc2ccccc2)CC1. The predicted octanol–water partition coefficient (Wildman–Crippen LogP) is 3.28. The summed E-state index contributed by atoms with van der Waals surface area (Å²) in [4.78, 5) is 18.9. The van der Waals surface area contributed by atoms with Crippen LogP contribution in [0.1, 0.15) is 28.2 Å². The number of nitrogens with zero attached hydrogens (tertiary/aromatic N) is 2. The molecule has 0 unspecified atom stereocenters. The molecule has 1 aliphatic heterocycles. The first-order chi connectivity index (χ1) is 10.3. The van der Waals surface area contributed by atoms with Crippen molar-refractivity contribution in [3.8, 4) is 0 Å². The minimum absolute atomic E-state index is 0.170. The van der Waals surface area contributed by atoms with Crippen LogP contribution in [0.4, 0.5) is 0 Å². The van der Waals surface area contributed by atoms with E-state index in [2.05, 4.69) is 40.2 Å². The van der Waals surface area contributed by atoms with Crippen LogP contribution in [0.15, 0.2) is 41.9 Å². The molecule has 1 fully saturated rings. The number of benzene rings is 1. The van der Waals surface area contributed by atoms with Gasteiger partial charge in [0, 0.05) is 24.0 Å². The zero-order valence-corrected chi connectivity index (χ0v) is 12.9. The summed E-state index contributed by atoms with van der Waals surface area (Å²) >= 11 is 1.46. The molecule has 2 aromatic rings. The van der Waals surface area contributed by atoms with E-state index in [0.717, 1.165) is 38.9 Å². The van der Waals surface area contributed by atoms with Crippen molar-refractivity contribution in [2.24, 2.45) is 5.92 Å². The number of hydrogen-bond acceptors (Lipinski definition) is 4. The number of hydrogen-bond donors (Lipinski definition) is 0. The second-order valence-electron chi connectivity index (χ2n) is 5.55. The van der Waals surface area contributed by atoms with Crippen molar-refractivity contribution >= 4 is 17.1 Å². The zero-order valence-electron chi connectivity index (χ0n) is 12.1. The number of aromatic nitrogens is 1. The second kappa shape index (κ2) is 6.96. The maximum absolute atomic E-state index is 12.3. The van der Waals surface area contributed by atoms with Gasteiger partial charge in [0.15, 0.2) is 10.8 Å². The Morgan fingerprint density at radius 1 is 1.24 bits per heavy atom. The Balaban J connectivity index is 1.46. The van der Waals surface area contributed by atoms with E-state index in [1.54, 1.807) is 6.20 Å². The highest BCUT2D eigenvalue weighted by Gasteiger charge is 2.26. The van der Waals surface area contributed by atoms with Gasteiger partial charge in [-0.2, -0.15) is 0 Å². The Labute approximate surface area is 129 Å². The molecule has 0 aliphatic carbocycles. The molecule has 3 nitrogen and oxygen atoms in total. The van der Waals surface area contributed by atoms with Gasteiger partial charge in [0.25, 0.3) is 0 Å². The molecule has 1 aliphatic rings. The minimum Gasteiger partial charge on any atom is -0.303 e. The van der Waals surface area contributed by atoms with Crippen molar-refractivity contribution in [1.82, 2.24) is 9.88 Å². The van der Waals surface area contributed by atoms with Gasteiger partial charge in [0.2, 0.25) is 0 Å². The molecule has 1 saturated heterocycles. The molecule has 4 heteroatoms. The number of carbonyl (C=O) groups is 1. The maximum Gasteiger partial charge on any atom is 0.194 e. The first-order valence-electron chi connectivity index (χ1n) is 7.53. The van der Waals surface area contributed by atoms with Gasteiger partial charge >= 0.3 is 0 Å². The van der Waals surface area contributed by atoms with Crippen LogP contribution in [-0.4, -0.2) is 35.3 Å². The lowest BCUT2D eigenvalue weighted by atomic mass is 9.92. The lowest BCUT2D eigenvalue weighted by Crippen LogP contribution is -2.37. The third-order valence-electron chi connectivity index (χ3n) is 4.16. The highest BCUT2D eigenvalue weighted by Crippen LogP contribution is 2.22. The smallest absolute Gasteiger partial charge is 0.194 e. The molecule has 110 valence electrons. The van der Waals surface area contributed by atoms with Gasteiger partial charge in [-0.1, -0.05) is 30.3 Å². The minimum atomic E-state index is 0.170. The van der Waals surface area contributed by atoms with Crippen LogP contribution in [0.5, 0.6) is 0 Å². The fourth-order valence-electron chi connectivity index (χ4n) is 2.87. The number of thiazole rings is 1. The van der Waals surface area contributed by atoms with E-state index in [-0.39, 0.29) is 11.7 Å². The third-order valence-corrected chi connectivity index (χ3v) is 4.95. The predicted molar refractivity (Wildman–Crippen MR) is 85.8 cm³/mol.